The van der Waals surface area contributed by atoms with E-state index in [0.29, 0.717) is 10.8 Å². The van der Waals surface area contributed by atoms with Gasteiger partial charge in [0.25, 0.3) is 0 Å². The van der Waals surface area contributed by atoms with Crippen LogP contribution in [-0.4, -0.2) is 12.2 Å². The van der Waals surface area contributed by atoms with Crippen molar-refractivity contribution in [3.8, 4) is 5.75 Å². The van der Waals surface area contributed by atoms with Crippen molar-refractivity contribution < 1.29 is 9.13 Å². The maximum absolute atomic E-state index is 13.7. The number of fused-ring (bicyclic) bond motifs is 1. The summed E-state index contributed by atoms with van der Waals surface area (Å²) in [5, 5.41) is 6.67. The van der Waals surface area contributed by atoms with Crippen molar-refractivity contribution in [1.82, 2.24) is 5.32 Å². The number of aryl methyl sites for hydroxylation is 1. The summed E-state index contributed by atoms with van der Waals surface area (Å²) in [6, 6.07) is 12.8. The van der Waals surface area contributed by atoms with Crippen molar-refractivity contribution in [1.29, 1.82) is 0 Å². The van der Waals surface area contributed by atoms with Crippen LogP contribution in [0.5, 0.6) is 5.75 Å². The molecule has 2 aromatic carbocycles. The van der Waals surface area contributed by atoms with Crippen molar-refractivity contribution in [2.75, 3.05) is 12.4 Å². The molecule has 0 saturated heterocycles. The summed E-state index contributed by atoms with van der Waals surface area (Å²) < 4.78 is 19.0. The largest absolute Gasteiger partial charge is 0.497 e. The number of hydrogen-bond acceptors (Lipinski definition) is 2. The van der Waals surface area contributed by atoms with Crippen molar-refractivity contribution in [3.63, 3.8) is 0 Å². The van der Waals surface area contributed by atoms with Crippen LogP contribution >= 0.6 is 12.2 Å². The molecule has 0 spiro atoms. The zero-order valence-electron chi connectivity index (χ0n) is 12.9. The third-order valence-corrected chi connectivity index (χ3v) is 4.31. The Morgan fingerprint density at radius 2 is 2.09 bits per heavy atom. The summed E-state index contributed by atoms with van der Waals surface area (Å²) in [6.45, 7) is 0. The molecule has 0 aliphatic heterocycles. The van der Waals surface area contributed by atoms with Gasteiger partial charge < -0.3 is 15.4 Å². The Morgan fingerprint density at radius 1 is 1.26 bits per heavy atom. The number of rotatable bonds is 3. The molecule has 2 N–H and O–H groups in total. The number of halogens is 1. The van der Waals surface area contributed by atoms with E-state index in [0.717, 1.165) is 25.0 Å². The number of nitrogens with one attached hydrogen (secondary N) is 2. The molecule has 0 fully saturated rings. The molecular formula is C18H19FN2OS. The van der Waals surface area contributed by atoms with Gasteiger partial charge in [0, 0.05) is 0 Å². The van der Waals surface area contributed by atoms with Crippen LogP contribution in [-0.2, 0) is 6.42 Å². The molecule has 23 heavy (non-hydrogen) atoms. The number of ether oxygens (including phenoxy) is 1. The van der Waals surface area contributed by atoms with Crippen LogP contribution in [0.25, 0.3) is 0 Å². The molecule has 0 aromatic heterocycles. The standard InChI is InChI=1S/C18H19FN2OS/c1-22-13-9-10-14-12(11-13)5-4-8-16(14)20-18(23)21-17-7-3-2-6-15(17)19/h2-3,6-7,9-11,16H,4-5,8H2,1H3,(H2,20,21,23)/t16-/m0/s1. The van der Waals surface area contributed by atoms with Gasteiger partial charge in [-0.15, -0.1) is 0 Å². The molecule has 3 rings (SSSR count). The summed E-state index contributed by atoms with van der Waals surface area (Å²) in [7, 11) is 1.67. The molecule has 0 radical (unpaired) electrons. The molecule has 0 saturated carbocycles. The van der Waals surface area contributed by atoms with E-state index in [1.54, 1.807) is 25.3 Å². The van der Waals surface area contributed by atoms with Gasteiger partial charge in [0.15, 0.2) is 5.11 Å². The Hall–Kier alpha value is -2.14. The molecule has 1 atom stereocenters. The van der Waals surface area contributed by atoms with Gasteiger partial charge in [-0.05, 0) is 66.9 Å². The minimum Gasteiger partial charge on any atom is -0.497 e. The summed E-state index contributed by atoms with van der Waals surface area (Å²) in [6.07, 6.45) is 3.12. The fourth-order valence-electron chi connectivity index (χ4n) is 2.95. The van der Waals surface area contributed by atoms with Gasteiger partial charge in [-0.3, -0.25) is 0 Å². The highest BCUT2D eigenvalue weighted by atomic mass is 32.1. The topological polar surface area (TPSA) is 33.3 Å². The fourth-order valence-corrected chi connectivity index (χ4v) is 3.20. The predicted octanol–water partition coefficient (Wildman–Crippen LogP) is 4.20. The van der Waals surface area contributed by atoms with E-state index >= 15 is 0 Å². The molecule has 3 nitrogen and oxygen atoms in total. The number of hydrogen-bond donors (Lipinski definition) is 2. The normalized spacial score (nSPS) is 16.3. The average Bonchev–Trinajstić information content (AvgIpc) is 2.56. The number of benzene rings is 2. The van der Waals surface area contributed by atoms with Crippen molar-refractivity contribution in [2.45, 2.75) is 25.3 Å². The summed E-state index contributed by atoms with van der Waals surface area (Å²) in [5.41, 5.74) is 2.90. The number of thiocarbonyl (C=S) groups is 1. The van der Waals surface area contributed by atoms with Crippen molar-refractivity contribution >= 4 is 23.0 Å². The van der Waals surface area contributed by atoms with E-state index in [-0.39, 0.29) is 11.9 Å². The van der Waals surface area contributed by atoms with E-state index in [9.17, 15) is 4.39 Å². The van der Waals surface area contributed by atoms with Gasteiger partial charge in [-0.2, -0.15) is 0 Å². The third kappa shape index (κ3) is 3.62. The van der Waals surface area contributed by atoms with E-state index in [4.69, 9.17) is 17.0 Å². The SMILES string of the molecule is COc1ccc2c(c1)CCC[C@@H]2NC(=S)Nc1ccccc1F. The highest BCUT2D eigenvalue weighted by Gasteiger charge is 2.21. The molecule has 5 heteroatoms. The van der Waals surface area contributed by atoms with Crippen LogP contribution in [0.15, 0.2) is 42.5 Å². The maximum Gasteiger partial charge on any atom is 0.171 e. The summed E-state index contributed by atoms with van der Waals surface area (Å²) in [5.74, 6) is 0.557. The molecule has 0 heterocycles. The van der Waals surface area contributed by atoms with E-state index in [2.05, 4.69) is 22.8 Å². The van der Waals surface area contributed by atoms with E-state index < -0.39 is 0 Å². The molecular weight excluding hydrogens is 311 g/mol. The summed E-state index contributed by atoms with van der Waals surface area (Å²) in [4.78, 5) is 0. The highest BCUT2D eigenvalue weighted by molar-refractivity contribution is 7.80. The van der Waals surface area contributed by atoms with Crippen LogP contribution in [0.2, 0.25) is 0 Å². The van der Waals surface area contributed by atoms with Crippen LogP contribution in [0.4, 0.5) is 10.1 Å². The lowest BCUT2D eigenvalue weighted by Crippen LogP contribution is -2.34. The average molecular weight is 330 g/mol. The molecule has 0 bridgehead atoms. The Kier molecular flexibility index (Phi) is 4.76. The zero-order chi connectivity index (χ0) is 16.2. The second kappa shape index (κ2) is 6.96. The number of methoxy groups -OCH3 is 1. The minimum absolute atomic E-state index is 0.136. The fraction of sp³-hybridized carbons (Fsp3) is 0.278. The van der Waals surface area contributed by atoms with Crippen LogP contribution in [0, 0.1) is 5.82 Å². The minimum atomic E-state index is -0.314. The maximum atomic E-state index is 13.7. The van der Waals surface area contributed by atoms with Gasteiger partial charge in [0.2, 0.25) is 0 Å². The lowest BCUT2D eigenvalue weighted by atomic mass is 9.87. The van der Waals surface area contributed by atoms with Gasteiger partial charge in [-0.1, -0.05) is 18.2 Å². The van der Waals surface area contributed by atoms with Gasteiger partial charge in [-0.25, -0.2) is 4.39 Å². The van der Waals surface area contributed by atoms with E-state index in [1.807, 2.05) is 6.07 Å². The molecule has 1 aliphatic rings. The van der Waals surface area contributed by atoms with E-state index in [1.165, 1.54) is 17.2 Å². The smallest absolute Gasteiger partial charge is 0.171 e. The first-order chi connectivity index (χ1) is 11.2. The molecule has 1 aliphatic carbocycles. The van der Waals surface area contributed by atoms with Crippen LogP contribution in [0.1, 0.15) is 30.0 Å². The first-order valence-corrected chi connectivity index (χ1v) is 8.07. The van der Waals surface area contributed by atoms with Gasteiger partial charge in [0.05, 0.1) is 18.8 Å². The first-order valence-electron chi connectivity index (χ1n) is 7.66. The first kappa shape index (κ1) is 15.7. The molecule has 120 valence electrons. The number of anilines is 1. The van der Waals surface area contributed by atoms with Crippen molar-refractivity contribution in [2.24, 2.45) is 0 Å². The van der Waals surface area contributed by atoms with Crippen LogP contribution < -0.4 is 15.4 Å². The molecule has 0 unspecified atom stereocenters. The monoisotopic (exact) mass is 330 g/mol. The third-order valence-electron chi connectivity index (χ3n) is 4.09. The van der Waals surface area contributed by atoms with Gasteiger partial charge >= 0.3 is 0 Å². The Morgan fingerprint density at radius 3 is 2.87 bits per heavy atom. The number of para-hydroxylation sites is 1. The molecule has 0 amide bonds. The quantitative estimate of drug-likeness (QED) is 0.827. The second-order valence-electron chi connectivity index (χ2n) is 5.59. The Balaban J connectivity index is 1.72. The molecule has 2 aromatic rings. The zero-order valence-corrected chi connectivity index (χ0v) is 13.8. The van der Waals surface area contributed by atoms with Crippen LogP contribution in [0.3, 0.4) is 0 Å². The summed E-state index contributed by atoms with van der Waals surface area (Å²) >= 11 is 5.34. The lowest BCUT2D eigenvalue weighted by Gasteiger charge is -2.28. The second-order valence-corrected chi connectivity index (χ2v) is 6.00. The highest BCUT2D eigenvalue weighted by Crippen LogP contribution is 2.32. The van der Waals surface area contributed by atoms with Gasteiger partial charge in [0.1, 0.15) is 11.6 Å². The lowest BCUT2D eigenvalue weighted by molar-refractivity contribution is 0.412. The predicted molar refractivity (Wildman–Crippen MR) is 94.4 cm³/mol. The Labute approximate surface area is 140 Å². The Bertz CT molecular complexity index is 720. The van der Waals surface area contributed by atoms with Crippen molar-refractivity contribution in [3.05, 3.63) is 59.4 Å².